The number of rotatable bonds is 6. The van der Waals surface area contributed by atoms with Crippen LogP contribution < -0.4 is 15.5 Å². The molecule has 1 heterocycles. The summed E-state index contributed by atoms with van der Waals surface area (Å²) in [6.07, 6.45) is 0. The Morgan fingerprint density at radius 1 is 1.15 bits per heavy atom. The van der Waals surface area contributed by atoms with Gasteiger partial charge in [0.05, 0.1) is 21.3 Å². The fraction of sp³-hybridized carbons (Fsp3) is 0.0909. The molecule has 0 radical (unpaired) electrons. The minimum absolute atomic E-state index is 0.0663. The number of amides is 1. The SMILES string of the molecule is O=C1CSC(c2ccccc2[N+](=O)[O-])N1NC(=S)Nc1ccc(Oc2ccc(Cl)cc2)c(Cl)c1. The fourth-order valence-corrected chi connectivity index (χ4v) is 4.90. The Bertz CT molecular complexity index is 1260. The number of anilines is 1. The van der Waals surface area contributed by atoms with Gasteiger partial charge in [-0.15, -0.1) is 11.8 Å². The first-order chi connectivity index (χ1) is 16.3. The Morgan fingerprint density at radius 3 is 2.59 bits per heavy atom. The van der Waals surface area contributed by atoms with Crippen molar-refractivity contribution in [3.05, 3.63) is 92.5 Å². The number of thioether (sulfide) groups is 1. The number of nitro benzene ring substituents is 1. The van der Waals surface area contributed by atoms with Gasteiger partial charge in [-0.05, 0) is 60.7 Å². The van der Waals surface area contributed by atoms with Crippen molar-refractivity contribution in [1.82, 2.24) is 10.4 Å². The number of hydrazine groups is 1. The molecule has 1 saturated heterocycles. The number of halogens is 2. The van der Waals surface area contributed by atoms with Gasteiger partial charge in [0.15, 0.2) is 5.11 Å². The van der Waals surface area contributed by atoms with E-state index in [1.54, 1.807) is 60.7 Å². The van der Waals surface area contributed by atoms with Gasteiger partial charge in [0.2, 0.25) is 0 Å². The van der Waals surface area contributed by atoms with Crippen molar-refractivity contribution in [2.45, 2.75) is 5.37 Å². The molecule has 3 aromatic carbocycles. The lowest BCUT2D eigenvalue weighted by molar-refractivity contribution is -0.385. The van der Waals surface area contributed by atoms with E-state index >= 15 is 0 Å². The van der Waals surface area contributed by atoms with Crippen molar-refractivity contribution < 1.29 is 14.5 Å². The standard InChI is InChI=1S/C22H16Cl2N4O4S2/c23-13-5-8-15(9-6-13)32-19-10-7-14(11-17(19)24)25-22(33)26-27-20(29)12-34-21(27)16-3-1-2-4-18(16)28(30)31/h1-11,21H,12H2,(H2,25,26,33). The monoisotopic (exact) mass is 534 g/mol. The normalized spacial score (nSPS) is 15.2. The van der Waals surface area contributed by atoms with Gasteiger partial charge in [-0.2, -0.15) is 0 Å². The van der Waals surface area contributed by atoms with Crippen LogP contribution in [0.25, 0.3) is 0 Å². The lowest BCUT2D eigenvalue weighted by Gasteiger charge is -2.26. The summed E-state index contributed by atoms with van der Waals surface area (Å²) < 4.78 is 5.76. The Kier molecular flexibility index (Phi) is 7.42. The highest BCUT2D eigenvalue weighted by molar-refractivity contribution is 8.00. The summed E-state index contributed by atoms with van der Waals surface area (Å²) in [6, 6.07) is 18.2. The van der Waals surface area contributed by atoms with E-state index in [-0.39, 0.29) is 22.5 Å². The molecule has 8 nitrogen and oxygen atoms in total. The van der Waals surface area contributed by atoms with E-state index in [0.717, 1.165) is 0 Å². The number of nitrogens with zero attached hydrogens (tertiary/aromatic N) is 2. The molecular formula is C22H16Cl2N4O4S2. The first-order valence-electron chi connectivity index (χ1n) is 9.79. The predicted octanol–water partition coefficient (Wildman–Crippen LogP) is 6.17. The number of hydrogen-bond donors (Lipinski definition) is 2. The van der Waals surface area contributed by atoms with Crippen LogP contribution in [0.5, 0.6) is 11.5 Å². The molecular weight excluding hydrogens is 519 g/mol. The van der Waals surface area contributed by atoms with E-state index < -0.39 is 10.3 Å². The summed E-state index contributed by atoms with van der Waals surface area (Å²) in [5.74, 6) is 0.933. The zero-order valence-corrected chi connectivity index (χ0v) is 20.4. The van der Waals surface area contributed by atoms with Crippen LogP contribution in [0.2, 0.25) is 10.0 Å². The lowest BCUT2D eigenvalue weighted by atomic mass is 10.1. The van der Waals surface area contributed by atoms with Gasteiger partial charge in [-0.3, -0.25) is 20.3 Å². The Hall–Kier alpha value is -3.05. The van der Waals surface area contributed by atoms with Gasteiger partial charge < -0.3 is 10.1 Å². The van der Waals surface area contributed by atoms with E-state index in [1.807, 2.05) is 0 Å². The van der Waals surface area contributed by atoms with Crippen LogP contribution >= 0.6 is 47.2 Å². The van der Waals surface area contributed by atoms with Gasteiger partial charge in [0.1, 0.15) is 16.9 Å². The molecule has 1 atom stereocenters. The molecule has 3 aromatic rings. The molecule has 0 spiro atoms. The minimum Gasteiger partial charge on any atom is -0.456 e. The molecule has 1 amide bonds. The summed E-state index contributed by atoms with van der Waals surface area (Å²) in [7, 11) is 0. The van der Waals surface area contributed by atoms with Crippen LogP contribution in [0, 0.1) is 10.1 Å². The molecule has 12 heteroatoms. The van der Waals surface area contributed by atoms with Crippen molar-refractivity contribution in [2.75, 3.05) is 11.1 Å². The van der Waals surface area contributed by atoms with Crippen LogP contribution in [-0.4, -0.2) is 26.7 Å². The van der Waals surface area contributed by atoms with E-state index in [4.69, 9.17) is 40.2 Å². The maximum Gasteiger partial charge on any atom is 0.275 e. The number of para-hydroxylation sites is 1. The number of hydrogen-bond acceptors (Lipinski definition) is 6. The average Bonchev–Trinajstić information content (AvgIpc) is 3.16. The molecule has 1 aliphatic rings. The van der Waals surface area contributed by atoms with Crippen molar-refractivity contribution in [3.63, 3.8) is 0 Å². The fourth-order valence-electron chi connectivity index (χ4n) is 3.20. The van der Waals surface area contributed by atoms with Gasteiger partial charge in [-0.25, -0.2) is 5.01 Å². The lowest BCUT2D eigenvalue weighted by Crippen LogP contribution is -2.46. The third-order valence-corrected chi connectivity index (χ3v) is 6.66. The smallest absolute Gasteiger partial charge is 0.275 e. The van der Waals surface area contributed by atoms with E-state index in [0.29, 0.717) is 32.8 Å². The molecule has 0 bridgehead atoms. The number of nitrogens with one attached hydrogen (secondary N) is 2. The van der Waals surface area contributed by atoms with E-state index in [9.17, 15) is 14.9 Å². The average molecular weight is 535 g/mol. The van der Waals surface area contributed by atoms with E-state index in [2.05, 4.69) is 10.7 Å². The maximum atomic E-state index is 12.5. The highest BCUT2D eigenvalue weighted by Crippen LogP contribution is 2.41. The van der Waals surface area contributed by atoms with Crippen molar-refractivity contribution in [1.29, 1.82) is 0 Å². The molecule has 34 heavy (non-hydrogen) atoms. The van der Waals surface area contributed by atoms with Gasteiger partial charge >= 0.3 is 0 Å². The first-order valence-corrected chi connectivity index (χ1v) is 12.0. The van der Waals surface area contributed by atoms with Crippen molar-refractivity contribution in [2.24, 2.45) is 0 Å². The molecule has 0 aliphatic carbocycles. The van der Waals surface area contributed by atoms with Crippen LogP contribution in [0.4, 0.5) is 11.4 Å². The number of ether oxygens (including phenoxy) is 1. The molecule has 174 valence electrons. The Balaban J connectivity index is 1.44. The second-order valence-electron chi connectivity index (χ2n) is 7.01. The summed E-state index contributed by atoms with van der Waals surface area (Å²) in [5.41, 5.74) is 3.75. The van der Waals surface area contributed by atoms with Gasteiger partial charge in [-0.1, -0.05) is 35.3 Å². The number of nitro groups is 1. The van der Waals surface area contributed by atoms with Crippen LogP contribution in [-0.2, 0) is 4.79 Å². The summed E-state index contributed by atoms with van der Waals surface area (Å²) in [4.78, 5) is 23.4. The number of benzene rings is 3. The Morgan fingerprint density at radius 2 is 1.88 bits per heavy atom. The van der Waals surface area contributed by atoms with Crippen LogP contribution in [0.15, 0.2) is 66.7 Å². The molecule has 1 fully saturated rings. The zero-order chi connectivity index (χ0) is 24.2. The van der Waals surface area contributed by atoms with Crippen LogP contribution in [0.3, 0.4) is 0 Å². The molecule has 4 rings (SSSR count). The van der Waals surface area contributed by atoms with Crippen molar-refractivity contribution in [3.8, 4) is 11.5 Å². The second-order valence-corrected chi connectivity index (χ2v) is 9.33. The molecule has 0 saturated carbocycles. The number of carbonyl (C=O) groups excluding carboxylic acids is 1. The highest BCUT2D eigenvalue weighted by Gasteiger charge is 2.37. The molecule has 1 aliphatic heterocycles. The molecule has 2 N–H and O–H groups in total. The predicted molar refractivity (Wildman–Crippen MR) is 137 cm³/mol. The molecule has 1 unspecified atom stereocenters. The van der Waals surface area contributed by atoms with Crippen molar-refractivity contribution >= 4 is 69.6 Å². The van der Waals surface area contributed by atoms with Crippen LogP contribution in [0.1, 0.15) is 10.9 Å². The Labute approximate surface area is 214 Å². The summed E-state index contributed by atoms with van der Waals surface area (Å²) in [6.45, 7) is 0. The third kappa shape index (κ3) is 5.53. The first kappa shape index (κ1) is 24.1. The van der Waals surface area contributed by atoms with Gasteiger partial charge in [0.25, 0.3) is 11.6 Å². The highest BCUT2D eigenvalue weighted by atomic mass is 35.5. The zero-order valence-electron chi connectivity index (χ0n) is 17.2. The third-order valence-electron chi connectivity index (χ3n) is 4.72. The summed E-state index contributed by atoms with van der Waals surface area (Å²) >= 11 is 18.9. The second kappa shape index (κ2) is 10.5. The topological polar surface area (TPSA) is 96.7 Å². The van der Waals surface area contributed by atoms with E-state index in [1.165, 1.54) is 22.8 Å². The van der Waals surface area contributed by atoms with Gasteiger partial charge in [0, 0.05) is 16.8 Å². The maximum absolute atomic E-state index is 12.5. The summed E-state index contributed by atoms with van der Waals surface area (Å²) in [5, 5.41) is 16.1. The largest absolute Gasteiger partial charge is 0.456 e. The quantitative estimate of drug-likeness (QED) is 0.220. The molecule has 0 aromatic heterocycles. The number of thiocarbonyl (C=S) groups is 1. The number of carbonyl (C=O) groups is 1. The minimum atomic E-state index is -0.604.